The van der Waals surface area contributed by atoms with Crippen LogP contribution in [0.4, 0.5) is 0 Å². The van der Waals surface area contributed by atoms with Crippen molar-refractivity contribution in [1.29, 1.82) is 0 Å². The van der Waals surface area contributed by atoms with Gasteiger partial charge in [-0.15, -0.1) is 0 Å². The molecular formula is C31H30ClN3O4. The van der Waals surface area contributed by atoms with Crippen molar-refractivity contribution in [3.8, 4) is 28.4 Å². The summed E-state index contributed by atoms with van der Waals surface area (Å²) >= 11 is 5.96. The molecule has 200 valence electrons. The Morgan fingerprint density at radius 2 is 1.36 bits per heavy atom. The van der Waals surface area contributed by atoms with Crippen LogP contribution in [0.3, 0.4) is 0 Å². The fourth-order valence-corrected chi connectivity index (χ4v) is 5.06. The number of amides is 2. The van der Waals surface area contributed by atoms with Gasteiger partial charge in [0.25, 0.3) is 11.8 Å². The molecule has 39 heavy (non-hydrogen) atoms. The maximum Gasteiger partial charge on any atom is 0.255 e. The maximum atomic E-state index is 13.8. The quantitative estimate of drug-likeness (QED) is 0.312. The van der Waals surface area contributed by atoms with E-state index in [1.807, 2.05) is 66.4 Å². The highest BCUT2D eigenvalue weighted by Gasteiger charge is 2.28. The molecule has 1 aliphatic rings. The summed E-state index contributed by atoms with van der Waals surface area (Å²) in [6, 6.07) is 24.4. The predicted molar refractivity (Wildman–Crippen MR) is 152 cm³/mol. The second-order valence-electron chi connectivity index (χ2n) is 9.39. The van der Waals surface area contributed by atoms with Gasteiger partial charge in [-0.3, -0.25) is 9.59 Å². The van der Waals surface area contributed by atoms with Crippen LogP contribution >= 0.6 is 11.6 Å². The third-order valence-electron chi connectivity index (χ3n) is 7.12. The monoisotopic (exact) mass is 543 g/mol. The van der Waals surface area contributed by atoms with Crippen molar-refractivity contribution in [3.05, 3.63) is 101 Å². The number of ether oxygens (including phenoxy) is 2. The van der Waals surface area contributed by atoms with Gasteiger partial charge in [0.1, 0.15) is 11.5 Å². The Morgan fingerprint density at radius 1 is 0.744 bits per heavy atom. The van der Waals surface area contributed by atoms with Crippen molar-refractivity contribution in [1.82, 2.24) is 14.4 Å². The lowest BCUT2D eigenvalue weighted by molar-refractivity contribution is 0.0535. The van der Waals surface area contributed by atoms with Gasteiger partial charge < -0.3 is 23.8 Å². The topological polar surface area (TPSA) is 64.0 Å². The Balaban J connectivity index is 1.43. The molecule has 1 aliphatic heterocycles. The molecule has 8 heteroatoms. The van der Waals surface area contributed by atoms with E-state index in [1.54, 1.807) is 43.4 Å². The second-order valence-corrected chi connectivity index (χ2v) is 9.82. The summed E-state index contributed by atoms with van der Waals surface area (Å²) in [6.07, 6.45) is 0. The lowest BCUT2D eigenvalue weighted by atomic mass is 10.1. The molecule has 5 rings (SSSR count). The summed E-state index contributed by atoms with van der Waals surface area (Å²) in [7, 11) is 3.27. The van der Waals surface area contributed by atoms with Crippen LogP contribution in [-0.2, 0) is 0 Å². The number of rotatable bonds is 6. The number of piperazine rings is 1. The van der Waals surface area contributed by atoms with Crippen LogP contribution in [0.2, 0.25) is 5.02 Å². The first kappa shape index (κ1) is 26.4. The third-order valence-corrected chi connectivity index (χ3v) is 7.37. The van der Waals surface area contributed by atoms with Gasteiger partial charge in [0.05, 0.1) is 25.5 Å². The van der Waals surface area contributed by atoms with Crippen LogP contribution in [0.25, 0.3) is 16.9 Å². The summed E-state index contributed by atoms with van der Waals surface area (Å²) in [5, 5.41) is 0.590. The molecule has 1 saturated heterocycles. The first-order valence-corrected chi connectivity index (χ1v) is 13.1. The maximum absolute atomic E-state index is 13.8. The zero-order valence-electron chi connectivity index (χ0n) is 22.2. The highest BCUT2D eigenvalue weighted by molar-refractivity contribution is 6.30. The van der Waals surface area contributed by atoms with Gasteiger partial charge >= 0.3 is 0 Å². The summed E-state index contributed by atoms with van der Waals surface area (Å²) in [5.74, 6) is 1.39. The zero-order valence-corrected chi connectivity index (χ0v) is 22.9. The number of aromatic nitrogens is 1. The van der Waals surface area contributed by atoms with Gasteiger partial charge in [-0.05, 0) is 79.2 Å². The smallest absolute Gasteiger partial charge is 0.255 e. The Labute approximate surface area is 233 Å². The van der Waals surface area contributed by atoms with Crippen molar-refractivity contribution >= 4 is 23.4 Å². The minimum absolute atomic E-state index is 0.0532. The van der Waals surface area contributed by atoms with Gasteiger partial charge in [0.2, 0.25) is 0 Å². The molecular weight excluding hydrogens is 514 g/mol. The molecule has 0 unspecified atom stereocenters. The minimum atomic E-state index is -0.0547. The SMILES string of the molecule is COc1ccc(-c2cc(C(=O)N3CCN(C(=O)c4ccc(Cl)cc4)CC3)c(C)n2-c2cccc(OC)c2)cc1. The number of halogens is 1. The molecule has 0 radical (unpaired) electrons. The number of carbonyl (C=O) groups excluding carboxylic acids is 2. The van der Waals surface area contributed by atoms with Crippen LogP contribution in [-0.4, -0.2) is 66.6 Å². The van der Waals surface area contributed by atoms with Crippen LogP contribution < -0.4 is 9.47 Å². The Bertz CT molecular complexity index is 1490. The van der Waals surface area contributed by atoms with Crippen molar-refractivity contribution in [2.75, 3.05) is 40.4 Å². The van der Waals surface area contributed by atoms with E-state index in [9.17, 15) is 9.59 Å². The number of hydrogen-bond donors (Lipinski definition) is 0. The normalized spacial score (nSPS) is 13.3. The van der Waals surface area contributed by atoms with E-state index >= 15 is 0 Å². The van der Waals surface area contributed by atoms with Crippen molar-refractivity contribution in [2.45, 2.75) is 6.92 Å². The molecule has 2 heterocycles. The number of carbonyl (C=O) groups is 2. The molecule has 2 amide bonds. The van der Waals surface area contributed by atoms with Gasteiger partial charge in [0, 0.05) is 54.2 Å². The largest absolute Gasteiger partial charge is 0.497 e. The van der Waals surface area contributed by atoms with Crippen LogP contribution in [0, 0.1) is 6.92 Å². The second kappa shape index (κ2) is 11.3. The molecule has 0 N–H and O–H groups in total. The number of methoxy groups -OCH3 is 2. The van der Waals surface area contributed by atoms with Crippen molar-refractivity contribution in [3.63, 3.8) is 0 Å². The first-order valence-electron chi connectivity index (χ1n) is 12.7. The predicted octanol–water partition coefficient (Wildman–Crippen LogP) is 5.72. The van der Waals surface area contributed by atoms with Gasteiger partial charge in [-0.25, -0.2) is 0 Å². The summed E-state index contributed by atoms with van der Waals surface area (Å²) in [5.41, 5.74) is 4.80. The van der Waals surface area contributed by atoms with Crippen molar-refractivity contribution in [2.24, 2.45) is 0 Å². The van der Waals surface area contributed by atoms with E-state index in [4.69, 9.17) is 21.1 Å². The molecule has 7 nitrogen and oxygen atoms in total. The van der Waals surface area contributed by atoms with E-state index in [-0.39, 0.29) is 11.8 Å². The molecule has 0 saturated carbocycles. The number of nitrogens with zero attached hydrogens (tertiary/aromatic N) is 3. The Kier molecular flexibility index (Phi) is 7.61. The minimum Gasteiger partial charge on any atom is -0.497 e. The van der Waals surface area contributed by atoms with Gasteiger partial charge in [-0.2, -0.15) is 0 Å². The molecule has 0 spiro atoms. The Hall–Kier alpha value is -4.23. The highest BCUT2D eigenvalue weighted by atomic mass is 35.5. The van der Waals surface area contributed by atoms with E-state index in [0.29, 0.717) is 42.3 Å². The first-order chi connectivity index (χ1) is 18.9. The highest BCUT2D eigenvalue weighted by Crippen LogP contribution is 2.32. The molecule has 4 aromatic rings. The lowest BCUT2D eigenvalue weighted by Crippen LogP contribution is -2.50. The summed E-state index contributed by atoms with van der Waals surface area (Å²) in [4.78, 5) is 30.3. The lowest BCUT2D eigenvalue weighted by Gasteiger charge is -2.35. The van der Waals surface area contributed by atoms with E-state index in [0.717, 1.165) is 34.1 Å². The molecule has 0 bridgehead atoms. The van der Waals surface area contributed by atoms with Crippen LogP contribution in [0.5, 0.6) is 11.5 Å². The fraction of sp³-hybridized carbons (Fsp3) is 0.226. The molecule has 1 fully saturated rings. The average Bonchev–Trinajstić information content (AvgIpc) is 3.33. The van der Waals surface area contributed by atoms with Crippen LogP contribution in [0.15, 0.2) is 78.9 Å². The number of hydrogen-bond acceptors (Lipinski definition) is 4. The molecule has 1 aromatic heterocycles. The fourth-order valence-electron chi connectivity index (χ4n) is 4.94. The zero-order chi connectivity index (χ0) is 27.5. The molecule has 0 atom stereocenters. The summed E-state index contributed by atoms with van der Waals surface area (Å²) < 4.78 is 12.9. The van der Waals surface area contributed by atoms with Crippen LogP contribution in [0.1, 0.15) is 26.4 Å². The number of benzene rings is 3. The standard InChI is InChI=1S/C31H30ClN3O4/c1-21-28(31(37)34-17-15-33(16-18-34)30(36)23-7-11-24(32)12-8-23)20-29(22-9-13-26(38-2)14-10-22)35(21)25-5-4-6-27(19-25)39-3/h4-14,19-20H,15-18H2,1-3H3. The molecule has 0 aliphatic carbocycles. The van der Waals surface area contributed by atoms with E-state index in [2.05, 4.69) is 4.57 Å². The van der Waals surface area contributed by atoms with Gasteiger partial charge in [0.15, 0.2) is 0 Å². The Morgan fingerprint density at radius 3 is 1.97 bits per heavy atom. The van der Waals surface area contributed by atoms with E-state index < -0.39 is 0 Å². The molecule has 3 aromatic carbocycles. The summed E-state index contributed by atoms with van der Waals surface area (Å²) in [6.45, 7) is 3.81. The van der Waals surface area contributed by atoms with E-state index in [1.165, 1.54) is 0 Å². The van der Waals surface area contributed by atoms with Crippen molar-refractivity contribution < 1.29 is 19.1 Å². The van der Waals surface area contributed by atoms with Gasteiger partial charge in [-0.1, -0.05) is 17.7 Å². The third kappa shape index (κ3) is 5.36. The average molecular weight is 544 g/mol.